The number of hydrogen-bond donors (Lipinski definition) is 1. The van der Waals surface area contributed by atoms with E-state index in [-0.39, 0.29) is 30.3 Å². The quantitative estimate of drug-likeness (QED) is 0.911. The van der Waals surface area contributed by atoms with Crippen molar-refractivity contribution in [2.75, 3.05) is 4.90 Å². The highest BCUT2D eigenvalue weighted by Gasteiger charge is 2.24. The minimum atomic E-state index is -0.200. The van der Waals surface area contributed by atoms with Gasteiger partial charge in [-0.15, -0.1) is 12.4 Å². The zero-order valence-corrected chi connectivity index (χ0v) is 13.9. The molecule has 0 saturated heterocycles. The van der Waals surface area contributed by atoms with Gasteiger partial charge in [-0.25, -0.2) is 0 Å². The summed E-state index contributed by atoms with van der Waals surface area (Å²) in [6.45, 7) is 4.34. The highest BCUT2D eigenvalue weighted by Crippen LogP contribution is 2.21. The van der Waals surface area contributed by atoms with Crippen LogP contribution in [0.3, 0.4) is 0 Å². The topological polar surface area (TPSA) is 46.3 Å². The van der Waals surface area contributed by atoms with Gasteiger partial charge in [-0.2, -0.15) is 11.3 Å². The summed E-state index contributed by atoms with van der Waals surface area (Å²) in [6.07, 6.45) is 0. The number of amides is 1. The maximum absolute atomic E-state index is 12.7. The normalized spacial score (nSPS) is 13.1. The van der Waals surface area contributed by atoms with Crippen LogP contribution in [0.15, 0.2) is 47.2 Å². The Morgan fingerprint density at radius 3 is 2.43 bits per heavy atom. The van der Waals surface area contributed by atoms with E-state index >= 15 is 0 Å². The molecule has 2 unspecified atom stereocenters. The Bertz CT molecular complexity index is 543. The summed E-state index contributed by atoms with van der Waals surface area (Å²) in [7, 11) is 0. The molecule has 0 aliphatic rings. The number of para-hydroxylation sites is 1. The van der Waals surface area contributed by atoms with Crippen LogP contribution in [-0.4, -0.2) is 11.9 Å². The van der Waals surface area contributed by atoms with Gasteiger partial charge in [0.25, 0.3) is 0 Å². The fourth-order valence-corrected chi connectivity index (χ4v) is 2.60. The zero-order valence-electron chi connectivity index (χ0n) is 12.2. The fourth-order valence-electron chi connectivity index (χ4n) is 1.94. The van der Waals surface area contributed by atoms with Crippen LogP contribution in [0, 0.1) is 5.92 Å². The highest BCUT2D eigenvalue weighted by molar-refractivity contribution is 7.07. The monoisotopic (exact) mass is 324 g/mol. The summed E-state index contributed by atoms with van der Waals surface area (Å²) in [5, 5.41) is 4.09. The van der Waals surface area contributed by atoms with Crippen LogP contribution in [0.25, 0.3) is 0 Å². The van der Waals surface area contributed by atoms with E-state index in [9.17, 15) is 4.79 Å². The van der Waals surface area contributed by atoms with Gasteiger partial charge in [0.05, 0.1) is 12.5 Å². The van der Waals surface area contributed by atoms with E-state index in [2.05, 4.69) is 5.38 Å². The van der Waals surface area contributed by atoms with Crippen LogP contribution in [0.5, 0.6) is 0 Å². The predicted octanol–water partition coefficient (Wildman–Crippen LogP) is 3.69. The van der Waals surface area contributed by atoms with Crippen LogP contribution in [0.2, 0.25) is 0 Å². The van der Waals surface area contributed by atoms with Crippen molar-refractivity contribution in [2.45, 2.75) is 26.4 Å². The molecule has 21 heavy (non-hydrogen) atoms. The molecule has 2 aromatic rings. The van der Waals surface area contributed by atoms with Gasteiger partial charge < -0.3 is 10.6 Å². The SMILES string of the molecule is CC(N)C(C)C(=O)N(Cc1ccsc1)c1ccccc1.Cl. The second-order valence-corrected chi connectivity index (χ2v) is 5.82. The molecule has 0 spiro atoms. The lowest BCUT2D eigenvalue weighted by Gasteiger charge is -2.27. The minimum absolute atomic E-state index is 0. The summed E-state index contributed by atoms with van der Waals surface area (Å²) in [5.41, 5.74) is 7.94. The molecular weight excluding hydrogens is 304 g/mol. The van der Waals surface area contributed by atoms with Gasteiger partial charge in [-0.1, -0.05) is 25.1 Å². The number of carbonyl (C=O) groups is 1. The molecule has 1 heterocycles. The van der Waals surface area contributed by atoms with Gasteiger partial charge in [-0.3, -0.25) is 4.79 Å². The van der Waals surface area contributed by atoms with Gasteiger partial charge >= 0.3 is 0 Å². The van der Waals surface area contributed by atoms with E-state index in [4.69, 9.17) is 5.73 Å². The molecule has 114 valence electrons. The van der Waals surface area contributed by atoms with Crippen molar-refractivity contribution in [1.82, 2.24) is 0 Å². The van der Waals surface area contributed by atoms with Crippen molar-refractivity contribution < 1.29 is 4.79 Å². The molecule has 0 radical (unpaired) electrons. The number of nitrogens with two attached hydrogens (primary N) is 1. The van der Waals surface area contributed by atoms with Crippen LogP contribution in [0.4, 0.5) is 5.69 Å². The van der Waals surface area contributed by atoms with Crippen molar-refractivity contribution in [2.24, 2.45) is 11.7 Å². The van der Waals surface area contributed by atoms with E-state index in [1.54, 1.807) is 11.3 Å². The molecule has 2 atom stereocenters. The van der Waals surface area contributed by atoms with Crippen molar-refractivity contribution in [3.63, 3.8) is 0 Å². The number of anilines is 1. The Morgan fingerprint density at radius 1 is 1.24 bits per heavy atom. The van der Waals surface area contributed by atoms with Crippen LogP contribution >= 0.6 is 23.7 Å². The van der Waals surface area contributed by atoms with Crippen LogP contribution < -0.4 is 10.6 Å². The summed E-state index contributed by atoms with van der Waals surface area (Å²) < 4.78 is 0. The molecule has 0 fully saturated rings. The summed E-state index contributed by atoms with van der Waals surface area (Å²) in [6, 6.07) is 11.6. The number of benzene rings is 1. The number of hydrogen-bond acceptors (Lipinski definition) is 3. The van der Waals surface area contributed by atoms with Gasteiger partial charge in [0.2, 0.25) is 5.91 Å². The standard InChI is InChI=1S/C16H20N2OS.ClH/c1-12(13(2)17)16(19)18(10-14-8-9-20-11-14)15-6-4-3-5-7-15;/h3-9,11-13H,10,17H2,1-2H3;1H. The molecule has 1 aromatic carbocycles. The summed E-state index contributed by atoms with van der Waals surface area (Å²) in [5.74, 6) is -0.133. The van der Waals surface area contributed by atoms with E-state index in [0.717, 1.165) is 11.3 Å². The first-order valence-corrected chi connectivity index (χ1v) is 7.67. The van der Waals surface area contributed by atoms with Crippen molar-refractivity contribution in [1.29, 1.82) is 0 Å². The Hall–Kier alpha value is -1.36. The molecule has 2 rings (SSSR count). The first-order chi connectivity index (χ1) is 9.59. The minimum Gasteiger partial charge on any atom is -0.327 e. The molecule has 3 nitrogen and oxygen atoms in total. The number of nitrogens with zero attached hydrogens (tertiary/aromatic N) is 1. The predicted molar refractivity (Wildman–Crippen MR) is 92.0 cm³/mol. The number of thiophene rings is 1. The van der Waals surface area contributed by atoms with Crippen LogP contribution in [0.1, 0.15) is 19.4 Å². The second kappa shape index (κ2) is 8.17. The van der Waals surface area contributed by atoms with Crippen molar-refractivity contribution in [3.8, 4) is 0 Å². The molecule has 1 aromatic heterocycles. The molecule has 1 amide bonds. The van der Waals surface area contributed by atoms with Gasteiger partial charge in [0.1, 0.15) is 0 Å². The largest absolute Gasteiger partial charge is 0.327 e. The van der Waals surface area contributed by atoms with Gasteiger partial charge in [0.15, 0.2) is 0 Å². The third-order valence-electron chi connectivity index (χ3n) is 3.43. The first-order valence-electron chi connectivity index (χ1n) is 6.72. The molecule has 2 N–H and O–H groups in total. The third-order valence-corrected chi connectivity index (χ3v) is 4.16. The lowest BCUT2D eigenvalue weighted by Crippen LogP contribution is -2.41. The van der Waals surface area contributed by atoms with Gasteiger partial charge in [-0.05, 0) is 41.4 Å². The molecule has 0 bridgehead atoms. The molecule has 0 saturated carbocycles. The maximum atomic E-state index is 12.7. The molecular formula is C16H21ClN2OS. The average Bonchev–Trinajstić information content (AvgIpc) is 2.97. The average molecular weight is 325 g/mol. The Morgan fingerprint density at radius 2 is 1.90 bits per heavy atom. The maximum Gasteiger partial charge on any atom is 0.231 e. The van der Waals surface area contributed by atoms with Crippen molar-refractivity contribution in [3.05, 3.63) is 52.7 Å². The van der Waals surface area contributed by atoms with E-state index in [1.165, 1.54) is 0 Å². The lowest BCUT2D eigenvalue weighted by molar-refractivity contribution is -0.122. The Balaban J connectivity index is 0.00000220. The third kappa shape index (κ3) is 4.56. The van der Waals surface area contributed by atoms with E-state index < -0.39 is 0 Å². The zero-order chi connectivity index (χ0) is 14.5. The molecule has 0 aliphatic heterocycles. The smallest absolute Gasteiger partial charge is 0.231 e. The lowest BCUT2D eigenvalue weighted by atomic mass is 10.0. The summed E-state index contributed by atoms with van der Waals surface area (Å²) >= 11 is 1.64. The van der Waals surface area contributed by atoms with Gasteiger partial charge in [0, 0.05) is 11.7 Å². The Labute approximate surface area is 136 Å². The first kappa shape index (κ1) is 17.7. The Kier molecular flexibility index (Phi) is 6.89. The number of carbonyl (C=O) groups excluding carboxylic acids is 1. The highest BCUT2D eigenvalue weighted by atomic mass is 35.5. The molecule has 0 aliphatic carbocycles. The number of rotatable bonds is 5. The summed E-state index contributed by atoms with van der Waals surface area (Å²) in [4.78, 5) is 14.5. The molecule has 5 heteroatoms. The van der Waals surface area contributed by atoms with Crippen LogP contribution in [-0.2, 0) is 11.3 Å². The number of halogens is 1. The second-order valence-electron chi connectivity index (χ2n) is 5.04. The van der Waals surface area contributed by atoms with E-state index in [1.807, 2.05) is 60.5 Å². The fraction of sp³-hybridized carbons (Fsp3) is 0.312. The van der Waals surface area contributed by atoms with E-state index in [0.29, 0.717) is 6.54 Å². The van der Waals surface area contributed by atoms with Crippen molar-refractivity contribution >= 4 is 35.3 Å².